The number of hydrogen-bond acceptors (Lipinski definition) is 1. The summed E-state index contributed by atoms with van der Waals surface area (Å²) < 4.78 is 0. The SMILES string of the molecule is CC(C)=Nc1ccccc1-c1ccccc1. The van der Waals surface area contributed by atoms with E-state index in [-0.39, 0.29) is 0 Å². The van der Waals surface area contributed by atoms with Crippen molar-refractivity contribution in [2.45, 2.75) is 13.8 Å². The molecule has 0 amide bonds. The van der Waals surface area contributed by atoms with Gasteiger partial charge in [-0.1, -0.05) is 48.5 Å². The van der Waals surface area contributed by atoms with Crippen LogP contribution in [0.2, 0.25) is 0 Å². The summed E-state index contributed by atoms with van der Waals surface area (Å²) in [6.45, 7) is 4.03. The number of rotatable bonds is 2. The minimum atomic E-state index is 1.04. The molecule has 0 unspecified atom stereocenters. The highest BCUT2D eigenvalue weighted by atomic mass is 14.7. The Kier molecular flexibility index (Phi) is 3.16. The van der Waals surface area contributed by atoms with Gasteiger partial charge in [0.2, 0.25) is 0 Å². The molecule has 0 saturated heterocycles. The lowest BCUT2D eigenvalue weighted by atomic mass is 10.0. The molecule has 80 valence electrons. The highest BCUT2D eigenvalue weighted by molar-refractivity contribution is 5.86. The summed E-state index contributed by atoms with van der Waals surface area (Å²) in [5.74, 6) is 0. The highest BCUT2D eigenvalue weighted by Gasteiger charge is 2.02. The van der Waals surface area contributed by atoms with E-state index in [1.54, 1.807) is 0 Å². The molecule has 2 rings (SSSR count). The van der Waals surface area contributed by atoms with E-state index in [1.165, 1.54) is 11.1 Å². The van der Waals surface area contributed by atoms with Crippen LogP contribution in [0.15, 0.2) is 59.6 Å². The van der Waals surface area contributed by atoms with Gasteiger partial charge in [0.1, 0.15) is 0 Å². The van der Waals surface area contributed by atoms with Crippen molar-refractivity contribution in [2.75, 3.05) is 0 Å². The molecule has 1 nitrogen and oxygen atoms in total. The van der Waals surface area contributed by atoms with E-state index in [0.29, 0.717) is 0 Å². The normalized spacial score (nSPS) is 9.88. The fourth-order valence-electron chi connectivity index (χ4n) is 1.67. The average molecular weight is 209 g/mol. The van der Waals surface area contributed by atoms with E-state index >= 15 is 0 Å². The second kappa shape index (κ2) is 4.75. The lowest BCUT2D eigenvalue weighted by molar-refractivity contribution is 1.47. The van der Waals surface area contributed by atoms with Gasteiger partial charge in [0.25, 0.3) is 0 Å². The van der Waals surface area contributed by atoms with E-state index in [2.05, 4.69) is 41.4 Å². The Balaban J connectivity index is 2.53. The lowest BCUT2D eigenvalue weighted by Crippen LogP contribution is -1.82. The van der Waals surface area contributed by atoms with Gasteiger partial charge in [-0.15, -0.1) is 0 Å². The third kappa shape index (κ3) is 2.37. The molecule has 2 aromatic rings. The molecule has 0 spiro atoms. The van der Waals surface area contributed by atoms with Crippen LogP contribution < -0.4 is 0 Å². The predicted molar refractivity (Wildman–Crippen MR) is 70.3 cm³/mol. The van der Waals surface area contributed by atoms with Crippen LogP contribution in [-0.2, 0) is 0 Å². The highest BCUT2D eigenvalue weighted by Crippen LogP contribution is 2.29. The molecular weight excluding hydrogens is 194 g/mol. The molecule has 0 radical (unpaired) electrons. The van der Waals surface area contributed by atoms with Crippen LogP contribution in [-0.4, -0.2) is 5.71 Å². The molecule has 0 saturated carbocycles. The van der Waals surface area contributed by atoms with E-state index in [1.807, 2.05) is 32.0 Å². The van der Waals surface area contributed by atoms with Gasteiger partial charge >= 0.3 is 0 Å². The Morgan fingerprint density at radius 1 is 0.812 bits per heavy atom. The maximum atomic E-state index is 4.55. The summed E-state index contributed by atoms with van der Waals surface area (Å²) in [5.41, 5.74) is 4.50. The summed E-state index contributed by atoms with van der Waals surface area (Å²) in [6, 6.07) is 18.6. The maximum absolute atomic E-state index is 4.55. The molecule has 0 aliphatic rings. The largest absolute Gasteiger partial charge is 0.258 e. The van der Waals surface area contributed by atoms with E-state index < -0.39 is 0 Å². The van der Waals surface area contributed by atoms with E-state index in [4.69, 9.17) is 0 Å². The van der Waals surface area contributed by atoms with Crippen molar-refractivity contribution in [3.63, 3.8) is 0 Å². The fourth-order valence-corrected chi connectivity index (χ4v) is 1.67. The molecule has 0 aliphatic carbocycles. The van der Waals surface area contributed by atoms with Crippen LogP contribution in [0, 0.1) is 0 Å². The summed E-state index contributed by atoms with van der Waals surface area (Å²) in [5, 5.41) is 0. The Hall–Kier alpha value is -1.89. The Morgan fingerprint density at radius 3 is 2.12 bits per heavy atom. The molecule has 1 heteroatoms. The zero-order valence-electron chi connectivity index (χ0n) is 9.64. The van der Waals surface area contributed by atoms with Crippen molar-refractivity contribution in [3.05, 3.63) is 54.6 Å². The summed E-state index contributed by atoms with van der Waals surface area (Å²) in [6.07, 6.45) is 0. The summed E-state index contributed by atoms with van der Waals surface area (Å²) >= 11 is 0. The molecule has 0 bridgehead atoms. The van der Waals surface area contributed by atoms with Crippen LogP contribution in [0.25, 0.3) is 11.1 Å². The van der Waals surface area contributed by atoms with Gasteiger partial charge in [-0.3, -0.25) is 4.99 Å². The third-order valence-electron chi connectivity index (χ3n) is 2.33. The Bertz CT molecular complexity index is 494. The van der Waals surface area contributed by atoms with Crippen molar-refractivity contribution in [3.8, 4) is 11.1 Å². The van der Waals surface area contributed by atoms with Crippen molar-refractivity contribution in [1.29, 1.82) is 0 Å². The smallest absolute Gasteiger partial charge is 0.0707 e. The minimum Gasteiger partial charge on any atom is -0.258 e. The zero-order chi connectivity index (χ0) is 11.4. The number of nitrogens with zero attached hydrogens (tertiary/aromatic N) is 1. The first-order valence-corrected chi connectivity index (χ1v) is 5.44. The molecule has 0 atom stereocenters. The van der Waals surface area contributed by atoms with Gasteiger partial charge in [0, 0.05) is 11.3 Å². The van der Waals surface area contributed by atoms with E-state index in [0.717, 1.165) is 11.4 Å². The van der Waals surface area contributed by atoms with Crippen molar-refractivity contribution >= 4 is 11.4 Å². The Morgan fingerprint density at radius 2 is 1.44 bits per heavy atom. The first-order chi connectivity index (χ1) is 7.77. The third-order valence-corrected chi connectivity index (χ3v) is 2.33. The zero-order valence-corrected chi connectivity index (χ0v) is 9.64. The first-order valence-electron chi connectivity index (χ1n) is 5.44. The number of aliphatic imine (C=N–C) groups is 1. The van der Waals surface area contributed by atoms with Crippen LogP contribution in [0.3, 0.4) is 0 Å². The standard InChI is InChI=1S/C15H15N/c1-12(2)16-15-11-7-6-10-14(15)13-8-4-3-5-9-13/h3-11H,1-2H3. The fraction of sp³-hybridized carbons (Fsp3) is 0.133. The lowest BCUT2D eigenvalue weighted by Gasteiger charge is -2.05. The molecule has 0 fully saturated rings. The summed E-state index contributed by atoms with van der Waals surface area (Å²) in [7, 11) is 0. The van der Waals surface area contributed by atoms with Crippen molar-refractivity contribution < 1.29 is 0 Å². The van der Waals surface area contributed by atoms with Crippen LogP contribution in [0.1, 0.15) is 13.8 Å². The molecule has 2 aromatic carbocycles. The molecule has 0 heterocycles. The first kappa shape index (κ1) is 10.6. The number of benzene rings is 2. The molecule has 0 aliphatic heterocycles. The van der Waals surface area contributed by atoms with Gasteiger partial charge in [-0.05, 0) is 25.5 Å². The predicted octanol–water partition coefficient (Wildman–Crippen LogP) is 4.47. The maximum Gasteiger partial charge on any atom is 0.0707 e. The monoisotopic (exact) mass is 209 g/mol. The van der Waals surface area contributed by atoms with Crippen LogP contribution in [0.4, 0.5) is 5.69 Å². The molecular formula is C15H15N. The number of para-hydroxylation sites is 1. The van der Waals surface area contributed by atoms with Crippen LogP contribution >= 0.6 is 0 Å². The molecule has 0 N–H and O–H groups in total. The quantitative estimate of drug-likeness (QED) is 0.647. The van der Waals surface area contributed by atoms with Gasteiger partial charge in [0.05, 0.1) is 5.69 Å². The summed E-state index contributed by atoms with van der Waals surface area (Å²) in [4.78, 5) is 4.55. The second-order valence-corrected chi connectivity index (χ2v) is 3.94. The second-order valence-electron chi connectivity index (χ2n) is 3.94. The van der Waals surface area contributed by atoms with Gasteiger partial charge in [-0.25, -0.2) is 0 Å². The molecule has 16 heavy (non-hydrogen) atoms. The van der Waals surface area contributed by atoms with Gasteiger partial charge in [0.15, 0.2) is 0 Å². The average Bonchev–Trinajstić information content (AvgIpc) is 2.30. The van der Waals surface area contributed by atoms with E-state index in [9.17, 15) is 0 Å². The minimum absolute atomic E-state index is 1.04. The van der Waals surface area contributed by atoms with Gasteiger partial charge in [-0.2, -0.15) is 0 Å². The van der Waals surface area contributed by atoms with Crippen molar-refractivity contribution in [1.82, 2.24) is 0 Å². The van der Waals surface area contributed by atoms with Gasteiger partial charge < -0.3 is 0 Å². The molecule has 0 aromatic heterocycles. The number of hydrogen-bond donors (Lipinski definition) is 0. The topological polar surface area (TPSA) is 12.4 Å². The van der Waals surface area contributed by atoms with Crippen molar-refractivity contribution in [2.24, 2.45) is 4.99 Å². The van der Waals surface area contributed by atoms with Crippen LogP contribution in [0.5, 0.6) is 0 Å². The Labute approximate surface area is 96.5 Å².